The van der Waals surface area contributed by atoms with E-state index in [1.54, 1.807) is 12.1 Å². The maximum atomic E-state index is 11.0. The van der Waals surface area contributed by atoms with Crippen molar-refractivity contribution in [3.05, 3.63) is 76.3 Å². The fourth-order valence-corrected chi connectivity index (χ4v) is 3.63. The van der Waals surface area contributed by atoms with Crippen molar-refractivity contribution in [3.8, 4) is 0 Å². The zero-order valence-corrected chi connectivity index (χ0v) is 16.2. The first-order chi connectivity index (χ1) is 14.2. The fraction of sp³-hybridized carbons (Fsp3) is 0.318. The van der Waals surface area contributed by atoms with E-state index in [0.717, 1.165) is 56.0 Å². The highest BCUT2D eigenvalue weighted by molar-refractivity contribution is 5.82. The molecule has 1 aliphatic heterocycles. The molecular formula is C22H24N4O3. The van der Waals surface area contributed by atoms with E-state index < -0.39 is 0 Å². The number of benzene rings is 2. The van der Waals surface area contributed by atoms with Crippen LogP contribution in [0.25, 0.3) is 10.9 Å². The number of ether oxygens (including phenoxy) is 1. The predicted octanol–water partition coefficient (Wildman–Crippen LogP) is 4.02. The summed E-state index contributed by atoms with van der Waals surface area (Å²) >= 11 is 0. The predicted molar refractivity (Wildman–Crippen MR) is 113 cm³/mol. The lowest BCUT2D eigenvalue weighted by Gasteiger charge is -2.29. The molecule has 150 valence electrons. The Hall–Kier alpha value is -3.03. The molecular weight excluding hydrogens is 368 g/mol. The van der Waals surface area contributed by atoms with Crippen LogP contribution in [0.1, 0.15) is 18.0 Å². The number of rotatable bonds is 7. The molecule has 0 bridgehead atoms. The van der Waals surface area contributed by atoms with Crippen molar-refractivity contribution in [2.45, 2.75) is 12.5 Å². The molecule has 0 amide bonds. The summed E-state index contributed by atoms with van der Waals surface area (Å²) in [6.07, 6.45) is 0.948. The van der Waals surface area contributed by atoms with Gasteiger partial charge in [0.25, 0.3) is 5.69 Å². The van der Waals surface area contributed by atoms with Gasteiger partial charge in [-0.3, -0.25) is 15.0 Å². The molecule has 1 aliphatic rings. The van der Waals surface area contributed by atoms with Crippen LogP contribution >= 0.6 is 0 Å². The van der Waals surface area contributed by atoms with E-state index in [-0.39, 0.29) is 16.7 Å². The molecule has 1 fully saturated rings. The lowest BCUT2D eigenvalue weighted by atomic mass is 10.0. The van der Waals surface area contributed by atoms with Crippen LogP contribution in [0.15, 0.2) is 60.7 Å². The van der Waals surface area contributed by atoms with Gasteiger partial charge in [-0.2, -0.15) is 0 Å². The second kappa shape index (κ2) is 8.98. The molecule has 4 rings (SSSR count). The van der Waals surface area contributed by atoms with Crippen LogP contribution in [0.4, 0.5) is 11.5 Å². The molecule has 0 saturated carbocycles. The number of hydrogen-bond donors (Lipinski definition) is 1. The van der Waals surface area contributed by atoms with Gasteiger partial charge in [0.15, 0.2) is 0 Å². The maximum Gasteiger partial charge on any atom is 0.270 e. The van der Waals surface area contributed by atoms with Gasteiger partial charge >= 0.3 is 0 Å². The maximum absolute atomic E-state index is 11.0. The van der Waals surface area contributed by atoms with Crippen molar-refractivity contribution >= 4 is 22.4 Å². The Bertz CT molecular complexity index is 974. The minimum atomic E-state index is -0.386. The number of nitrogens with zero attached hydrogens (tertiary/aromatic N) is 3. The molecule has 0 aliphatic carbocycles. The minimum Gasteiger partial charge on any atom is -0.379 e. The Balaban J connectivity index is 1.53. The van der Waals surface area contributed by atoms with Gasteiger partial charge in [0.05, 0.1) is 29.7 Å². The molecule has 7 heteroatoms. The zero-order chi connectivity index (χ0) is 20.1. The van der Waals surface area contributed by atoms with E-state index in [0.29, 0.717) is 0 Å². The molecule has 1 saturated heterocycles. The fourth-order valence-electron chi connectivity index (χ4n) is 3.63. The van der Waals surface area contributed by atoms with Crippen molar-refractivity contribution in [3.63, 3.8) is 0 Å². The van der Waals surface area contributed by atoms with Gasteiger partial charge < -0.3 is 10.1 Å². The summed E-state index contributed by atoms with van der Waals surface area (Å²) < 4.78 is 5.44. The molecule has 7 nitrogen and oxygen atoms in total. The number of anilines is 1. The second-order valence-corrected chi connectivity index (χ2v) is 7.18. The van der Waals surface area contributed by atoms with Gasteiger partial charge in [0.2, 0.25) is 0 Å². The van der Waals surface area contributed by atoms with Crippen LogP contribution < -0.4 is 5.32 Å². The number of hydrogen-bond acceptors (Lipinski definition) is 6. The first-order valence-electron chi connectivity index (χ1n) is 9.86. The van der Waals surface area contributed by atoms with Crippen LogP contribution in [-0.4, -0.2) is 47.7 Å². The average Bonchev–Trinajstić information content (AvgIpc) is 2.77. The largest absolute Gasteiger partial charge is 0.379 e. The standard InChI is InChI=1S/C22H24N4O3/c27-26(28)19-7-8-20-18(16-19)6-9-22(23-20)24-21(17-4-2-1-3-5-17)10-11-25-12-14-29-15-13-25/h1-9,16,21H,10-15H2,(H,23,24). The van der Waals surface area contributed by atoms with Crippen molar-refractivity contribution in [1.29, 1.82) is 0 Å². The summed E-state index contributed by atoms with van der Waals surface area (Å²) in [5.41, 5.74) is 2.03. The van der Waals surface area contributed by atoms with Crippen molar-refractivity contribution in [2.24, 2.45) is 0 Å². The molecule has 1 atom stereocenters. The van der Waals surface area contributed by atoms with Crippen LogP contribution in [0.2, 0.25) is 0 Å². The molecule has 1 unspecified atom stereocenters. The quantitative estimate of drug-likeness (QED) is 0.483. The normalized spacial score (nSPS) is 15.9. The van der Waals surface area contributed by atoms with E-state index in [1.165, 1.54) is 11.6 Å². The molecule has 29 heavy (non-hydrogen) atoms. The number of aromatic nitrogens is 1. The van der Waals surface area contributed by atoms with E-state index in [1.807, 2.05) is 30.3 Å². The van der Waals surface area contributed by atoms with Crippen LogP contribution in [-0.2, 0) is 4.74 Å². The number of non-ortho nitro benzene ring substituents is 1. The van der Waals surface area contributed by atoms with Crippen LogP contribution in [0.5, 0.6) is 0 Å². The van der Waals surface area contributed by atoms with E-state index >= 15 is 0 Å². The summed E-state index contributed by atoms with van der Waals surface area (Å²) in [6.45, 7) is 4.50. The third-order valence-corrected chi connectivity index (χ3v) is 5.25. The first-order valence-corrected chi connectivity index (χ1v) is 9.86. The third-order valence-electron chi connectivity index (χ3n) is 5.25. The van der Waals surface area contributed by atoms with Gasteiger partial charge in [-0.15, -0.1) is 0 Å². The van der Waals surface area contributed by atoms with Gasteiger partial charge in [0.1, 0.15) is 5.82 Å². The molecule has 0 spiro atoms. The summed E-state index contributed by atoms with van der Waals surface area (Å²) in [4.78, 5) is 17.7. The second-order valence-electron chi connectivity index (χ2n) is 7.18. The number of morpholine rings is 1. The number of fused-ring (bicyclic) bond motifs is 1. The Morgan fingerprint density at radius 3 is 2.66 bits per heavy atom. The monoisotopic (exact) mass is 392 g/mol. The number of nitrogens with one attached hydrogen (secondary N) is 1. The summed E-state index contributed by atoms with van der Waals surface area (Å²) in [7, 11) is 0. The summed E-state index contributed by atoms with van der Waals surface area (Å²) in [6, 6.07) is 19.0. The Morgan fingerprint density at radius 1 is 1.10 bits per heavy atom. The zero-order valence-electron chi connectivity index (χ0n) is 16.2. The SMILES string of the molecule is O=[N+]([O-])c1ccc2nc(NC(CCN3CCOCC3)c3ccccc3)ccc2c1. The minimum absolute atomic E-state index is 0.0766. The first kappa shape index (κ1) is 19.3. The molecule has 1 aromatic heterocycles. The van der Waals surface area contributed by atoms with Crippen molar-refractivity contribution in [2.75, 3.05) is 38.2 Å². The number of nitro benzene ring substituents is 1. The van der Waals surface area contributed by atoms with E-state index in [9.17, 15) is 10.1 Å². The van der Waals surface area contributed by atoms with E-state index in [4.69, 9.17) is 4.74 Å². The van der Waals surface area contributed by atoms with Gasteiger partial charge in [-0.25, -0.2) is 4.98 Å². The highest BCUT2D eigenvalue weighted by Crippen LogP contribution is 2.25. The third kappa shape index (κ3) is 4.88. The van der Waals surface area contributed by atoms with E-state index in [2.05, 4.69) is 27.3 Å². The molecule has 0 radical (unpaired) electrons. The summed E-state index contributed by atoms with van der Waals surface area (Å²) in [5, 5.41) is 15.3. The van der Waals surface area contributed by atoms with Gasteiger partial charge in [-0.05, 0) is 30.2 Å². The lowest BCUT2D eigenvalue weighted by molar-refractivity contribution is -0.384. The van der Waals surface area contributed by atoms with Gasteiger partial charge in [-0.1, -0.05) is 30.3 Å². The topological polar surface area (TPSA) is 80.5 Å². The number of pyridine rings is 1. The van der Waals surface area contributed by atoms with Crippen LogP contribution in [0, 0.1) is 10.1 Å². The molecule has 1 N–H and O–H groups in total. The van der Waals surface area contributed by atoms with Crippen molar-refractivity contribution in [1.82, 2.24) is 9.88 Å². The Labute approximate surface area is 169 Å². The molecule has 2 heterocycles. The van der Waals surface area contributed by atoms with Crippen molar-refractivity contribution < 1.29 is 9.66 Å². The Kier molecular flexibility index (Phi) is 5.97. The highest BCUT2D eigenvalue weighted by Gasteiger charge is 2.16. The average molecular weight is 392 g/mol. The van der Waals surface area contributed by atoms with Crippen LogP contribution in [0.3, 0.4) is 0 Å². The Morgan fingerprint density at radius 2 is 1.90 bits per heavy atom. The molecule has 2 aromatic carbocycles. The number of nitro groups is 1. The highest BCUT2D eigenvalue weighted by atomic mass is 16.6. The smallest absolute Gasteiger partial charge is 0.270 e. The molecule has 3 aromatic rings. The van der Waals surface area contributed by atoms with Gasteiger partial charge in [0, 0.05) is 37.2 Å². The lowest BCUT2D eigenvalue weighted by Crippen LogP contribution is -2.37. The summed E-state index contributed by atoms with van der Waals surface area (Å²) in [5.74, 6) is 0.766.